The van der Waals surface area contributed by atoms with Crippen LogP contribution in [0.15, 0.2) is 0 Å². The molecule has 4 nitrogen and oxygen atoms in total. The van der Waals surface area contributed by atoms with Crippen molar-refractivity contribution in [2.45, 2.75) is 19.8 Å². The highest BCUT2D eigenvalue weighted by molar-refractivity contribution is 7.09. The van der Waals surface area contributed by atoms with E-state index in [-0.39, 0.29) is 0 Å². The Balaban J connectivity index is 2.07. The maximum Gasteiger partial charge on any atom is 0.205 e. The van der Waals surface area contributed by atoms with Crippen molar-refractivity contribution in [3.63, 3.8) is 0 Å². The van der Waals surface area contributed by atoms with Crippen LogP contribution in [0.2, 0.25) is 0 Å². The molecule has 0 saturated carbocycles. The molecule has 0 aliphatic carbocycles. The van der Waals surface area contributed by atoms with E-state index in [4.69, 9.17) is 4.74 Å². The summed E-state index contributed by atoms with van der Waals surface area (Å²) in [5.74, 6) is 1.37. The Bertz CT molecular complexity index is 294. The molecule has 14 heavy (non-hydrogen) atoms. The SMILES string of the molecule is CC(C)c1nsc(N2CCOCC2)n1. The van der Waals surface area contributed by atoms with E-state index in [0.29, 0.717) is 5.92 Å². The molecule has 5 heteroatoms. The Kier molecular flexibility index (Phi) is 2.98. The van der Waals surface area contributed by atoms with Gasteiger partial charge in [-0.15, -0.1) is 0 Å². The van der Waals surface area contributed by atoms with E-state index in [0.717, 1.165) is 37.3 Å². The van der Waals surface area contributed by atoms with Crippen LogP contribution in [0.3, 0.4) is 0 Å². The number of morpholine rings is 1. The number of anilines is 1. The lowest BCUT2D eigenvalue weighted by Crippen LogP contribution is -2.36. The zero-order valence-electron chi connectivity index (χ0n) is 8.56. The van der Waals surface area contributed by atoms with Crippen molar-refractivity contribution in [2.24, 2.45) is 0 Å². The molecular formula is C9H15N3OS. The first-order valence-electron chi connectivity index (χ1n) is 4.93. The van der Waals surface area contributed by atoms with Gasteiger partial charge < -0.3 is 9.64 Å². The molecule has 1 aliphatic rings. The number of hydrogen-bond donors (Lipinski definition) is 0. The highest BCUT2D eigenvalue weighted by Gasteiger charge is 2.16. The molecule has 1 saturated heterocycles. The Morgan fingerprint density at radius 2 is 2.07 bits per heavy atom. The molecule has 1 aliphatic heterocycles. The van der Waals surface area contributed by atoms with E-state index in [2.05, 4.69) is 28.1 Å². The molecule has 2 heterocycles. The van der Waals surface area contributed by atoms with Gasteiger partial charge in [0.05, 0.1) is 13.2 Å². The third kappa shape index (κ3) is 2.04. The van der Waals surface area contributed by atoms with Crippen LogP contribution in [0, 0.1) is 0 Å². The van der Waals surface area contributed by atoms with Crippen LogP contribution < -0.4 is 4.90 Å². The molecule has 0 unspecified atom stereocenters. The molecule has 1 fully saturated rings. The minimum atomic E-state index is 0.418. The lowest BCUT2D eigenvalue weighted by molar-refractivity contribution is 0.122. The van der Waals surface area contributed by atoms with E-state index >= 15 is 0 Å². The van der Waals surface area contributed by atoms with E-state index < -0.39 is 0 Å². The van der Waals surface area contributed by atoms with Crippen LogP contribution in [0.1, 0.15) is 25.6 Å². The number of rotatable bonds is 2. The minimum Gasteiger partial charge on any atom is -0.378 e. The van der Waals surface area contributed by atoms with Crippen LogP contribution in [0.5, 0.6) is 0 Å². The van der Waals surface area contributed by atoms with Crippen LogP contribution in [0.4, 0.5) is 5.13 Å². The van der Waals surface area contributed by atoms with Crippen molar-refractivity contribution in [3.8, 4) is 0 Å². The molecule has 0 atom stereocenters. The lowest BCUT2D eigenvalue weighted by Gasteiger charge is -2.25. The van der Waals surface area contributed by atoms with Gasteiger partial charge in [-0.3, -0.25) is 0 Å². The molecule has 0 aromatic carbocycles. The van der Waals surface area contributed by atoms with Gasteiger partial charge >= 0.3 is 0 Å². The number of hydrogen-bond acceptors (Lipinski definition) is 5. The Morgan fingerprint density at radius 1 is 1.36 bits per heavy atom. The third-order valence-electron chi connectivity index (χ3n) is 2.23. The summed E-state index contributed by atoms with van der Waals surface area (Å²) in [4.78, 5) is 6.75. The van der Waals surface area contributed by atoms with Crippen LogP contribution in [-0.4, -0.2) is 35.7 Å². The third-order valence-corrected chi connectivity index (χ3v) is 3.02. The number of ether oxygens (including phenoxy) is 1. The quantitative estimate of drug-likeness (QED) is 0.746. The molecule has 78 valence electrons. The van der Waals surface area contributed by atoms with Gasteiger partial charge in [0.25, 0.3) is 0 Å². The zero-order valence-corrected chi connectivity index (χ0v) is 9.38. The topological polar surface area (TPSA) is 38.2 Å². The summed E-state index contributed by atoms with van der Waals surface area (Å²) in [6, 6.07) is 0. The van der Waals surface area contributed by atoms with Gasteiger partial charge in [-0.2, -0.15) is 4.37 Å². The van der Waals surface area contributed by atoms with E-state index in [1.54, 1.807) is 0 Å². The summed E-state index contributed by atoms with van der Waals surface area (Å²) < 4.78 is 9.63. The fourth-order valence-electron chi connectivity index (χ4n) is 1.34. The molecule has 0 radical (unpaired) electrons. The van der Waals surface area contributed by atoms with Crippen molar-refractivity contribution >= 4 is 16.7 Å². The molecule has 0 spiro atoms. The van der Waals surface area contributed by atoms with Crippen molar-refractivity contribution < 1.29 is 4.74 Å². The molecule has 1 aromatic rings. The van der Waals surface area contributed by atoms with Crippen LogP contribution >= 0.6 is 11.5 Å². The van der Waals surface area contributed by atoms with Crippen LogP contribution in [-0.2, 0) is 4.74 Å². The van der Waals surface area contributed by atoms with Crippen molar-refractivity contribution in [1.82, 2.24) is 9.36 Å². The van der Waals surface area contributed by atoms with Gasteiger partial charge in [-0.1, -0.05) is 13.8 Å². The van der Waals surface area contributed by atoms with E-state index in [1.807, 2.05) is 0 Å². The molecule has 2 rings (SSSR count). The fraction of sp³-hybridized carbons (Fsp3) is 0.778. The second-order valence-electron chi connectivity index (χ2n) is 3.69. The maximum absolute atomic E-state index is 5.29. The molecule has 0 amide bonds. The standard InChI is InChI=1S/C9H15N3OS/c1-7(2)8-10-9(14-11-8)12-3-5-13-6-4-12/h7H,3-6H2,1-2H3. The number of aromatic nitrogens is 2. The highest BCUT2D eigenvalue weighted by Crippen LogP contribution is 2.21. The second kappa shape index (κ2) is 4.23. The summed E-state index contributed by atoms with van der Waals surface area (Å²) in [5, 5.41) is 1.04. The fourth-order valence-corrected chi connectivity index (χ4v) is 2.20. The monoisotopic (exact) mass is 213 g/mol. The average Bonchev–Trinajstić information content (AvgIpc) is 2.68. The largest absolute Gasteiger partial charge is 0.378 e. The van der Waals surface area contributed by atoms with Gasteiger partial charge in [-0.05, 0) is 0 Å². The summed E-state index contributed by atoms with van der Waals surface area (Å²) in [5.41, 5.74) is 0. The molecule has 0 N–H and O–H groups in total. The lowest BCUT2D eigenvalue weighted by atomic mass is 10.2. The summed E-state index contributed by atoms with van der Waals surface area (Å²) >= 11 is 1.49. The highest BCUT2D eigenvalue weighted by atomic mass is 32.1. The first-order chi connectivity index (χ1) is 6.77. The van der Waals surface area contributed by atoms with E-state index in [9.17, 15) is 0 Å². The van der Waals surface area contributed by atoms with Gasteiger partial charge in [0, 0.05) is 30.5 Å². The Labute approximate surface area is 88.1 Å². The zero-order chi connectivity index (χ0) is 9.97. The van der Waals surface area contributed by atoms with E-state index in [1.165, 1.54) is 11.5 Å². The second-order valence-corrected chi connectivity index (χ2v) is 4.42. The normalized spacial score (nSPS) is 17.8. The molecule has 1 aromatic heterocycles. The Hall–Kier alpha value is -0.680. The van der Waals surface area contributed by atoms with Crippen LogP contribution in [0.25, 0.3) is 0 Å². The van der Waals surface area contributed by atoms with Gasteiger partial charge in [0.1, 0.15) is 5.82 Å². The predicted molar refractivity (Wildman–Crippen MR) is 57.0 cm³/mol. The average molecular weight is 213 g/mol. The maximum atomic E-state index is 5.29. The van der Waals surface area contributed by atoms with Gasteiger partial charge in [-0.25, -0.2) is 4.98 Å². The van der Waals surface area contributed by atoms with Crippen molar-refractivity contribution in [3.05, 3.63) is 5.82 Å². The molecule has 0 bridgehead atoms. The predicted octanol–water partition coefficient (Wildman–Crippen LogP) is 1.50. The first kappa shape index (κ1) is 9.86. The van der Waals surface area contributed by atoms with Crippen molar-refractivity contribution in [2.75, 3.05) is 31.2 Å². The summed E-state index contributed by atoms with van der Waals surface area (Å²) in [6.07, 6.45) is 0. The van der Waals surface area contributed by atoms with Gasteiger partial charge in [0.15, 0.2) is 0 Å². The van der Waals surface area contributed by atoms with Crippen molar-refractivity contribution in [1.29, 1.82) is 0 Å². The Morgan fingerprint density at radius 3 is 2.64 bits per heavy atom. The first-order valence-corrected chi connectivity index (χ1v) is 5.71. The smallest absolute Gasteiger partial charge is 0.205 e. The van der Waals surface area contributed by atoms with Gasteiger partial charge in [0.2, 0.25) is 5.13 Å². The summed E-state index contributed by atoms with van der Waals surface area (Å²) in [7, 11) is 0. The molecular weight excluding hydrogens is 198 g/mol. The minimum absolute atomic E-state index is 0.418. The number of nitrogens with zero attached hydrogens (tertiary/aromatic N) is 3. The summed E-state index contributed by atoms with van der Waals surface area (Å²) in [6.45, 7) is 7.71.